The second-order valence-electron chi connectivity index (χ2n) is 2.66. The van der Waals surface area contributed by atoms with Gasteiger partial charge in [-0.2, -0.15) is 0 Å². The van der Waals surface area contributed by atoms with Crippen LogP contribution in [0.3, 0.4) is 0 Å². The minimum absolute atomic E-state index is 0.497. The summed E-state index contributed by atoms with van der Waals surface area (Å²) < 4.78 is 4.97. The van der Waals surface area contributed by atoms with Gasteiger partial charge in [-0.05, 0) is 19.9 Å². The van der Waals surface area contributed by atoms with Gasteiger partial charge in [0.05, 0.1) is 6.61 Å². The summed E-state index contributed by atoms with van der Waals surface area (Å²) in [6.45, 7) is 6.26. The Morgan fingerprint density at radius 1 is 1.50 bits per heavy atom. The van der Waals surface area contributed by atoms with Gasteiger partial charge in [0.2, 0.25) is 0 Å². The van der Waals surface area contributed by atoms with Crippen LogP contribution in [0.25, 0.3) is 0 Å². The van der Waals surface area contributed by atoms with Gasteiger partial charge in [-0.1, -0.05) is 13.3 Å². The van der Waals surface area contributed by atoms with Gasteiger partial charge in [0, 0.05) is 13.2 Å². The van der Waals surface area contributed by atoms with Crippen molar-refractivity contribution in [2.75, 3.05) is 20.3 Å². The lowest BCUT2D eigenvalue weighted by molar-refractivity contribution is 0.172. The summed E-state index contributed by atoms with van der Waals surface area (Å²) in [5.74, 6) is 0. The molecule has 0 fully saturated rings. The monoisotopic (exact) mass is 145 g/mol. The van der Waals surface area contributed by atoms with E-state index in [0.717, 1.165) is 13.2 Å². The summed E-state index contributed by atoms with van der Waals surface area (Å²) in [5.41, 5.74) is 0. The Morgan fingerprint density at radius 3 is 2.70 bits per heavy atom. The predicted octanol–water partition coefficient (Wildman–Crippen LogP) is 1.41. The van der Waals surface area contributed by atoms with Gasteiger partial charge in [-0.3, -0.25) is 0 Å². The topological polar surface area (TPSA) is 21.3 Å². The fraction of sp³-hybridized carbons (Fsp3) is 1.00. The molecule has 0 amide bonds. The molecule has 0 bridgehead atoms. The highest BCUT2D eigenvalue weighted by atomic mass is 16.5. The van der Waals surface area contributed by atoms with E-state index in [1.54, 1.807) is 7.11 Å². The van der Waals surface area contributed by atoms with Gasteiger partial charge >= 0.3 is 0 Å². The van der Waals surface area contributed by atoms with E-state index >= 15 is 0 Å². The molecule has 0 rings (SSSR count). The maximum atomic E-state index is 4.97. The number of methoxy groups -OCH3 is 1. The Hall–Kier alpha value is -0.0800. The molecule has 0 unspecified atom stereocenters. The smallest absolute Gasteiger partial charge is 0.0613 e. The van der Waals surface area contributed by atoms with Crippen molar-refractivity contribution in [3.8, 4) is 0 Å². The van der Waals surface area contributed by atoms with Crippen molar-refractivity contribution in [3.63, 3.8) is 0 Å². The quantitative estimate of drug-likeness (QED) is 0.571. The van der Waals surface area contributed by atoms with E-state index in [4.69, 9.17) is 4.74 Å². The Morgan fingerprint density at radius 2 is 2.20 bits per heavy atom. The SMILES string of the molecule is CCCCN[C@@H](C)COC. The number of hydrogen-bond donors (Lipinski definition) is 1. The number of unbranched alkanes of at least 4 members (excludes halogenated alkanes) is 1. The van der Waals surface area contributed by atoms with E-state index in [1.165, 1.54) is 12.8 Å². The molecular weight excluding hydrogens is 126 g/mol. The number of hydrogen-bond acceptors (Lipinski definition) is 2. The fourth-order valence-corrected chi connectivity index (χ4v) is 0.834. The van der Waals surface area contributed by atoms with Crippen molar-refractivity contribution >= 4 is 0 Å². The highest BCUT2D eigenvalue weighted by Gasteiger charge is 1.96. The summed E-state index contributed by atoms with van der Waals surface area (Å²) in [6.07, 6.45) is 2.51. The third-order valence-corrected chi connectivity index (χ3v) is 1.44. The zero-order valence-electron chi connectivity index (χ0n) is 7.31. The van der Waals surface area contributed by atoms with E-state index in [0.29, 0.717) is 6.04 Å². The molecule has 0 aromatic heterocycles. The Labute approximate surface area is 64.0 Å². The molecule has 1 N–H and O–H groups in total. The highest BCUT2D eigenvalue weighted by Crippen LogP contribution is 1.86. The summed E-state index contributed by atoms with van der Waals surface area (Å²) in [6, 6.07) is 0.497. The van der Waals surface area contributed by atoms with Crippen LogP contribution in [0.5, 0.6) is 0 Å². The van der Waals surface area contributed by atoms with Gasteiger partial charge in [0.15, 0.2) is 0 Å². The minimum atomic E-state index is 0.497. The normalized spacial score (nSPS) is 13.5. The summed E-state index contributed by atoms with van der Waals surface area (Å²) >= 11 is 0. The van der Waals surface area contributed by atoms with Crippen LogP contribution in [0.4, 0.5) is 0 Å². The van der Waals surface area contributed by atoms with Crippen LogP contribution in [-0.2, 0) is 4.74 Å². The van der Waals surface area contributed by atoms with Crippen molar-refractivity contribution in [2.45, 2.75) is 32.7 Å². The van der Waals surface area contributed by atoms with Crippen molar-refractivity contribution in [3.05, 3.63) is 0 Å². The van der Waals surface area contributed by atoms with Crippen molar-refractivity contribution in [1.29, 1.82) is 0 Å². The first-order valence-electron chi connectivity index (χ1n) is 4.03. The molecule has 0 aliphatic heterocycles. The first kappa shape index (κ1) is 9.92. The van der Waals surface area contributed by atoms with E-state index in [2.05, 4.69) is 19.2 Å². The Balaban J connectivity index is 2.97. The van der Waals surface area contributed by atoms with E-state index < -0.39 is 0 Å². The lowest BCUT2D eigenvalue weighted by Gasteiger charge is -2.11. The molecule has 0 aromatic carbocycles. The lowest BCUT2D eigenvalue weighted by atomic mass is 10.3. The summed E-state index contributed by atoms with van der Waals surface area (Å²) in [5, 5.41) is 3.36. The van der Waals surface area contributed by atoms with Crippen LogP contribution >= 0.6 is 0 Å². The second kappa shape index (κ2) is 7.03. The average molecular weight is 145 g/mol. The van der Waals surface area contributed by atoms with Gasteiger partial charge in [-0.25, -0.2) is 0 Å². The van der Waals surface area contributed by atoms with E-state index in [-0.39, 0.29) is 0 Å². The van der Waals surface area contributed by atoms with Crippen molar-refractivity contribution in [2.24, 2.45) is 0 Å². The first-order chi connectivity index (χ1) is 4.81. The molecule has 1 atom stereocenters. The van der Waals surface area contributed by atoms with Gasteiger partial charge in [0.1, 0.15) is 0 Å². The van der Waals surface area contributed by atoms with Gasteiger partial charge < -0.3 is 10.1 Å². The molecule has 2 nitrogen and oxygen atoms in total. The maximum absolute atomic E-state index is 4.97. The van der Waals surface area contributed by atoms with Gasteiger partial charge in [-0.15, -0.1) is 0 Å². The molecule has 0 aromatic rings. The summed E-state index contributed by atoms with van der Waals surface area (Å²) in [7, 11) is 1.73. The second-order valence-corrected chi connectivity index (χ2v) is 2.66. The molecule has 0 aliphatic carbocycles. The van der Waals surface area contributed by atoms with Gasteiger partial charge in [0.25, 0.3) is 0 Å². The Kier molecular flexibility index (Phi) is 6.98. The molecule has 62 valence electrons. The average Bonchev–Trinajstić information content (AvgIpc) is 1.89. The van der Waals surface area contributed by atoms with Crippen molar-refractivity contribution < 1.29 is 4.74 Å². The first-order valence-corrected chi connectivity index (χ1v) is 4.03. The number of ether oxygens (including phenoxy) is 1. The standard InChI is InChI=1S/C8H19NO/c1-4-5-6-9-8(2)7-10-3/h8-9H,4-7H2,1-3H3/t8-/m0/s1. The zero-order chi connectivity index (χ0) is 7.82. The third-order valence-electron chi connectivity index (χ3n) is 1.44. The predicted molar refractivity (Wildman–Crippen MR) is 44.2 cm³/mol. The van der Waals surface area contributed by atoms with Crippen LogP contribution in [0.1, 0.15) is 26.7 Å². The molecular formula is C8H19NO. The summed E-state index contributed by atoms with van der Waals surface area (Å²) in [4.78, 5) is 0. The van der Waals surface area contributed by atoms with Crippen LogP contribution in [0.15, 0.2) is 0 Å². The Bertz CT molecular complexity index is 66.3. The molecule has 0 radical (unpaired) electrons. The largest absolute Gasteiger partial charge is 0.383 e. The molecule has 0 saturated carbocycles. The van der Waals surface area contributed by atoms with Crippen LogP contribution in [-0.4, -0.2) is 26.3 Å². The zero-order valence-corrected chi connectivity index (χ0v) is 7.31. The number of nitrogens with one attached hydrogen (secondary N) is 1. The van der Waals surface area contributed by atoms with Crippen LogP contribution < -0.4 is 5.32 Å². The molecule has 0 spiro atoms. The van der Waals surface area contributed by atoms with Crippen LogP contribution in [0, 0.1) is 0 Å². The van der Waals surface area contributed by atoms with Crippen LogP contribution in [0.2, 0.25) is 0 Å². The highest BCUT2D eigenvalue weighted by molar-refractivity contribution is 4.57. The molecule has 0 heterocycles. The fourth-order valence-electron chi connectivity index (χ4n) is 0.834. The minimum Gasteiger partial charge on any atom is -0.383 e. The van der Waals surface area contributed by atoms with E-state index in [9.17, 15) is 0 Å². The van der Waals surface area contributed by atoms with Crippen molar-refractivity contribution in [1.82, 2.24) is 5.32 Å². The van der Waals surface area contributed by atoms with E-state index in [1.807, 2.05) is 0 Å². The lowest BCUT2D eigenvalue weighted by Crippen LogP contribution is -2.30. The third kappa shape index (κ3) is 6.05. The molecule has 0 saturated heterocycles. The molecule has 10 heavy (non-hydrogen) atoms. The maximum Gasteiger partial charge on any atom is 0.0613 e. The molecule has 2 heteroatoms. The number of rotatable bonds is 6. The molecule has 0 aliphatic rings.